The van der Waals surface area contributed by atoms with Crippen molar-refractivity contribution in [2.24, 2.45) is 5.92 Å². The van der Waals surface area contributed by atoms with Crippen LogP contribution >= 0.6 is 0 Å². The smallest absolute Gasteiger partial charge is 0.251 e. The summed E-state index contributed by atoms with van der Waals surface area (Å²) < 4.78 is 25.4. The van der Waals surface area contributed by atoms with Crippen molar-refractivity contribution in [3.63, 3.8) is 0 Å². The molecule has 1 aliphatic rings. The SMILES string of the molecule is CCS(=O)(=O)Nc1ccc(C(=O)NCC2CCCCC2)cc1. The van der Waals surface area contributed by atoms with Crippen LogP contribution in [0.3, 0.4) is 0 Å². The van der Waals surface area contributed by atoms with Crippen molar-refractivity contribution in [2.75, 3.05) is 17.0 Å². The third kappa shape index (κ3) is 5.02. The third-order valence-electron chi connectivity index (χ3n) is 4.08. The molecule has 1 aliphatic carbocycles. The van der Waals surface area contributed by atoms with E-state index >= 15 is 0 Å². The first-order chi connectivity index (χ1) is 10.5. The van der Waals surface area contributed by atoms with E-state index in [9.17, 15) is 13.2 Å². The molecular formula is C16H24N2O3S. The zero-order valence-corrected chi connectivity index (χ0v) is 13.8. The Labute approximate surface area is 132 Å². The summed E-state index contributed by atoms with van der Waals surface area (Å²) in [6.07, 6.45) is 6.20. The Hall–Kier alpha value is -1.56. The van der Waals surface area contributed by atoms with Crippen molar-refractivity contribution in [3.8, 4) is 0 Å². The lowest BCUT2D eigenvalue weighted by atomic mass is 9.89. The number of hydrogen-bond donors (Lipinski definition) is 2. The number of anilines is 1. The molecule has 0 aliphatic heterocycles. The average Bonchev–Trinajstić information content (AvgIpc) is 2.54. The minimum absolute atomic E-state index is 0.0244. The fourth-order valence-electron chi connectivity index (χ4n) is 2.67. The molecule has 0 bridgehead atoms. The van der Waals surface area contributed by atoms with E-state index in [0.717, 1.165) is 6.54 Å². The van der Waals surface area contributed by atoms with Crippen molar-refractivity contribution < 1.29 is 13.2 Å². The zero-order valence-electron chi connectivity index (χ0n) is 13.0. The topological polar surface area (TPSA) is 75.3 Å². The number of hydrogen-bond acceptors (Lipinski definition) is 3. The fourth-order valence-corrected chi connectivity index (χ4v) is 3.31. The van der Waals surface area contributed by atoms with Gasteiger partial charge in [0.1, 0.15) is 0 Å². The number of carbonyl (C=O) groups is 1. The van der Waals surface area contributed by atoms with Crippen LogP contribution in [0, 0.1) is 5.92 Å². The van der Waals surface area contributed by atoms with Crippen LogP contribution in [0.25, 0.3) is 0 Å². The Bertz CT molecular complexity index is 590. The highest BCUT2D eigenvalue weighted by Gasteiger charge is 2.15. The largest absolute Gasteiger partial charge is 0.352 e. The molecule has 6 heteroatoms. The molecule has 122 valence electrons. The molecule has 0 spiro atoms. The van der Waals surface area contributed by atoms with Crippen LogP contribution in [0.4, 0.5) is 5.69 Å². The van der Waals surface area contributed by atoms with Crippen LogP contribution < -0.4 is 10.0 Å². The van der Waals surface area contributed by atoms with Crippen LogP contribution in [-0.2, 0) is 10.0 Å². The predicted molar refractivity (Wildman–Crippen MR) is 88.4 cm³/mol. The van der Waals surface area contributed by atoms with Gasteiger partial charge in [-0.2, -0.15) is 0 Å². The number of nitrogens with one attached hydrogen (secondary N) is 2. The van der Waals surface area contributed by atoms with Crippen LogP contribution in [0.1, 0.15) is 49.4 Å². The third-order valence-corrected chi connectivity index (χ3v) is 5.38. The van der Waals surface area contributed by atoms with Gasteiger partial charge >= 0.3 is 0 Å². The standard InChI is InChI=1S/C16H24N2O3S/c1-2-22(20,21)18-15-10-8-14(9-11-15)16(19)17-12-13-6-4-3-5-7-13/h8-11,13,18H,2-7,12H2,1H3,(H,17,19). The molecule has 0 saturated heterocycles. The maximum absolute atomic E-state index is 12.1. The molecule has 1 saturated carbocycles. The second kappa shape index (κ2) is 7.63. The Morgan fingerprint density at radius 1 is 1.14 bits per heavy atom. The van der Waals surface area contributed by atoms with E-state index in [0.29, 0.717) is 17.2 Å². The normalized spacial score (nSPS) is 16.2. The summed E-state index contributed by atoms with van der Waals surface area (Å²) in [5.74, 6) is 0.514. The highest BCUT2D eigenvalue weighted by atomic mass is 32.2. The van der Waals surface area contributed by atoms with Gasteiger partial charge in [-0.1, -0.05) is 19.3 Å². The lowest BCUT2D eigenvalue weighted by Gasteiger charge is -2.21. The van der Waals surface area contributed by atoms with E-state index in [-0.39, 0.29) is 11.7 Å². The number of carbonyl (C=O) groups excluding carboxylic acids is 1. The van der Waals surface area contributed by atoms with Crippen LogP contribution in [-0.4, -0.2) is 26.6 Å². The molecular weight excluding hydrogens is 300 g/mol. The van der Waals surface area contributed by atoms with E-state index in [2.05, 4.69) is 10.0 Å². The van der Waals surface area contributed by atoms with Gasteiger partial charge in [0.2, 0.25) is 10.0 Å². The van der Waals surface area contributed by atoms with Crippen LogP contribution in [0.15, 0.2) is 24.3 Å². The summed E-state index contributed by atoms with van der Waals surface area (Å²) >= 11 is 0. The molecule has 0 unspecified atom stereocenters. The van der Waals surface area contributed by atoms with Gasteiger partial charge in [-0.3, -0.25) is 9.52 Å². The summed E-state index contributed by atoms with van der Waals surface area (Å²) in [7, 11) is -3.28. The van der Waals surface area contributed by atoms with E-state index in [1.807, 2.05) is 0 Å². The van der Waals surface area contributed by atoms with Gasteiger partial charge in [-0.05, 0) is 49.9 Å². The molecule has 1 aromatic rings. The molecule has 0 atom stereocenters. The Balaban J connectivity index is 1.87. The average molecular weight is 324 g/mol. The quantitative estimate of drug-likeness (QED) is 0.845. The van der Waals surface area contributed by atoms with Gasteiger partial charge in [-0.25, -0.2) is 8.42 Å². The molecule has 0 radical (unpaired) electrons. The minimum Gasteiger partial charge on any atom is -0.352 e. The van der Waals surface area contributed by atoms with E-state index in [4.69, 9.17) is 0 Å². The highest BCUT2D eigenvalue weighted by Crippen LogP contribution is 2.22. The maximum atomic E-state index is 12.1. The summed E-state index contributed by atoms with van der Waals surface area (Å²) in [4.78, 5) is 12.1. The lowest BCUT2D eigenvalue weighted by Crippen LogP contribution is -2.30. The van der Waals surface area contributed by atoms with Crippen molar-refractivity contribution in [2.45, 2.75) is 39.0 Å². The fraction of sp³-hybridized carbons (Fsp3) is 0.562. The van der Waals surface area contributed by atoms with Crippen molar-refractivity contribution in [3.05, 3.63) is 29.8 Å². The molecule has 5 nitrogen and oxygen atoms in total. The first kappa shape index (κ1) is 16.8. The molecule has 22 heavy (non-hydrogen) atoms. The number of sulfonamides is 1. The van der Waals surface area contributed by atoms with E-state index in [1.165, 1.54) is 32.1 Å². The molecule has 1 amide bonds. The highest BCUT2D eigenvalue weighted by molar-refractivity contribution is 7.92. The monoisotopic (exact) mass is 324 g/mol. The van der Waals surface area contributed by atoms with E-state index in [1.54, 1.807) is 31.2 Å². The Morgan fingerprint density at radius 3 is 2.36 bits per heavy atom. The Kier molecular flexibility index (Phi) is 5.83. The first-order valence-electron chi connectivity index (χ1n) is 7.89. The number of rotatable bonds is 6. The van der Waals surface area contributed by atoms with Crippen molar-refractivity contribution >= 4 is 21.6 Å². The van der Waals surface area contributed by atoms with Crippen LogP contribution in [0.2, 0.25) is 0 Å². The summed E-state index contributed by atoms with van der Waals surface area (Å²) in [5, 5.41) is 2.97. The minimum atomic E-state index is -3.28. The second-order valence-corrected chi connectivity index (χ2v) is 7.81. The molecule has 2 rings (SSSR count). The molecule has 0 heterocycles. The molecule has 0 aromatic heterocycles. The van der Waals surface area contributed by atoms with Gasteiger partial charge in [0.15, 0.2) is 0 Å². The molecule has 2 N–H and O–H groups in total. The lowest BCUT2D eigenvalue weighted by molar-refractivity contribution is 0.0943. The van der Waals surface area contributed by atoms with Crippen molar-refractivity contribution in [1.82, 2.24) is 5.32 Å². The van der Waals surface area contributed by atoms with Crippen LogP contribution in [0.5, 0.6) is 0 Å². The predicted octanol–water partition coefficient (Wildman–Crippen LogP) is 2.76. The Morgan fingerprint density at radius 2 is 1.77 bits per heavy atom. The molecule has 1 aromatic carbocycles. The van der Waals surface area contributed by atoms with Gasteiger partial charge < -0.3 is 5.32 Å². The van der Waals surface area contributed by atoms with Gasteiger partial charge in [0, 0.05) is 17.8 Å². The van der Waals surface area contributed by atoms with E-state index < -0.39 is 10.0 Å². The van der Waals surface area contributed by atoms with Gasteiger partial charge in [-0.15, -0.1) is 0 Å². The number of amides is 1. The van der Waals surface area contributed by atoms with Gasteiger partial charge in [0.05, 0.1) is 5.75 Å². The summed E-state index contributed by atoms with van der Waals surface area (Å²) in [6, 6.07) is 6.51. The summed E-state index contributed by atoms with van der Waals surface area (Å²) in [5.41, 5.74) is 1.03. The maximum Gasteiger partial charge on any atom is 0.251 e. The van der Waals surface area contributed by atoms with Crippen molar-refractivity contribution in [1.29, 1.82) is 0 Å². The first-order valence-corrected chi connectivity index (χ1v) is 9.54. The second-order valence-electron chi connectivity index (χ2n) is 5.80. The molecule has 1 fully saturated rings. The summed E-state index contributed by atoms with van der Waals surface area (Å²) in [6.45, 7) is 2.30. The zero-order chi connectivity index (χ0) is 16.0. The number of benzene rings is 1. The van der Waals surface area contributed by atoms with Gasteiger partial charge in [0.25, 0.3) is 5.91 Å².